The molecule has 1 aromatic carbocycles. The molecule has 1 aromatic rings. The molecule has 0 heterocycles. The quantitative estimate of drug-likeness (QED) is 0.727. The fourth-order valence-electron chi connectivity index (χ4n) is 3.50. The molecule has 0 fully saturated rings. The third-order valence-electron chi connectivity index (χ3n) is 4.62. The molecular formula is C19H31N. The van der Waals surface area contributed by atoms with E-state index in [1.807, 2.05) is 0 Å². The van der Waals surface area contributed by atoms with Gasteiger partial charge < -0.3 is 5.32 Å². The first-order valence-corrected chi connectivity index (χ1v) is 8.53. The van der Waals surface area contributed by atoms with Crippen LogP contribution < -0.4 is 5.32 Å². The van der Waals surface area contributed by atoms with Gasteiger partial charge in [0.2, 0.25) is 0 Å². The lowest BCUT2D eigenvalue weighted by Gasteiger charge is -2.34. The first kappa shape index (κ1) is 15.6. The summed E-state index contributed by atoms with van der Waals surface area (Å²) in [6, 6.07) is 9.65. The summed E-state index contributed by atoms with van der Waals surface area (Å²) in [5.74, 6) is 1.67. The molecule has 0 saturated carbocycles. The number of rotatable bonds is 7. The summed E-state index contributed by atoms with van der Waals surface area (Å²) in [6.07, 6.45) is 7.99. The maximum Gasteiger partial charge on any atom is 0.0351 e. The molecule has 2 atom stereocenters. The summed E-state index contributed by atoms with van der Waals surface area (Å²) in [5.41, 5.74) is 3.14. The van der Waals surface area contributed by atoms with Crippen LogP contribution >= 0.6 is 0 Å². The molecule has 0 spiro atoms. The van der Waals surface area contributed by atoms with E-state index in [0.717, 1.165) is 18.4 Å². The summed E-state index contributed by atoms with van der Waals surface area (Å²) in [7, 11) is 0. The van der Waals surface area contributed by atoms with Gasteiger partial charge in [-0.2, -0.15) is 0 Å². The van der Waals surface area contributed by atoms with Gasteiger partial charge in [0.05, 0.1) is 0 Å². The zero-order valence-electron chi connectivity index (χ0n) is 13.5. The SMILES string of the molecule is CCCNC1c2ccccc2CCC1CCCC(C)C. The molecule has 1 nitrogen and oxygen atoms in total. The Hall–Kier alpha value is -0.820. The molecule has 0 bridgehead atoms. The van der Waals surface area contributed by atoms with E-state index in [0.29, 0.717) is 6.04 Å². The monoisotopic (exact) mass is 273 g/mol. The van der Waals surface area contributed by atoms with Crippen molar-refractivity contribution in [2.45, 2.75) is 65.3 Å². The molecule has 112 valence electrons. The van der Waals surface area contributed by atoms with Crippen molar-refractivity contribution in [2.75, 3.05) is 6.54 Å². The van der Waals surface area contributed by atoms with Crippen molar-refractivity contribution in [3.05, 3.63) is 35.4 Å². The Bertz CT molecular complexity index is 397. The minimum atomic E-state index is 0.590. The molecule has 1 aliphatic rings. The Morgan fingerprint density at radius 3 is 2.80 bits per heavy atom. The summed E-state index contributed by atoms with van der Waals surface area (Å²) in [5, 5.41) is 3.82. The lowest BCUT2D eigenvalue weighted by molar-refractivity contribution is 0.290. The number of benzene rings is 1. The lowest BCUT2D eigenvalue weighted by atomic mass is 9.77. The second-order valence-electron chi connectivity index (χ2n) is 6.75. The Kier molecular flexibility index (Phi) is 6.09. The van der Waals surface area contributed by atoms with E-state index in [1.54, 1.807) is 11.1 Å². The van der Waals surface area contributed by atoms with Crippen LogP contribution in [0.2, 0.25) is 0 Å². The van der Waals surface area contributed by atoms with Crippen LogP contribution in [0.3, 0.4) is 0 Å². The Morgan fingerprint density at radius 2 is 2.05 bits per heavy atom. The van der Waals surface area contributed by atoms with Crippen molar-refractivity contribution in [2.24, 2.45) is 11.8 Å². The Balaban J connectivity index is 2.04. The predicted octanol–water partition coefficient (Wildman–Crippen LogP) is 5.12. The van der Waals surface area contributed by atoms with Crippen LogP contribution in [-0.4, -0.2) is 6.54 Å². The number of nitrogens with one attached hydrogen (secondary N) is 1. The second-order valence-corrected chi connectivity index (χ2v) is 6.75. The van der Waals surface area contributed by atoms with Crippen LogP contribution in [0.5, 0.6) is 0 Å². The van der Waals surface area contributed by atoms with E-state index >= 15 is 0 Å². The van der Waals surface area contributed by atoms with Crippen LogP contribution in [0.1, 0.15) is 70.0 Å². The molecular weight excluding hydrogens is 242 g/mol. The molecule has 0 radical (unpaired) electrons. The first-order chi connectivity index (χ1) is 9.72. The van der Waals surface area contributed by atoms with Crippen molar-refractivity contribution >= 4 is 0 Å². The summed E-state index contributed by atoms with van der Waals surface area (Å²) >= 11 is 0. The van der Waals surface area contributed by atoms with Gasteiger partial charge in [0.1, 0.15) is 0 Å². The van der Waals surface area contributed by atoms with Gasteiger partial charge in [0.15, 0.2) is 0 Å². The summed E-state index contributed by atoms with van der Waals surface area (Å²) in [6.45, 7) is 8.07. The van der Waals surface area contributed by atoms with E-state index in [1.165, 1.54) is 38.5 Å². The maximum absolute atomic E-state index is 3.82. The predicted molar refractivity (Wildman–Crippen MR) is 88.0 cm³/mol. The first-order valence-electron chi connectivity index (χ1n) is 8.53. The normalized spacial score (nSPS) is 22.0. The fourth-order valence-corrected chi connectivity index (χ4v) is 3.50. The highest BCUT2D eigenvalue weighted by Gasteiger charge is 2.28. The van der Waals surface area contributed by atoms with Gasteiger partial charge >= 0.3 is 0 Å². The van der Waals surface area contributed by atoms with Crippen molar-refractivity contribution in [1.29, 1.82) is 0 Å². The molecule has 1 aliphatic carbocycles. The van der Waals surface area contributed by atoms with Crippen LogP contribution in [-0.2, 0) is 6.42 Å². The third kappa shape index (κ3) is 4.09. The standard InChI is InChI=1S/C19H31N/c1-4-14-20-19-17(10-7-8-15(2)3)13-12-16-9-5-6-11-18(16)19/h5-6,9,11,15,17,19-20H,4,7-8,10,12-14H2,1-3H3. The van der Waals surface area contributed by atoms with Crippen molar-refractivity contribution < 1.29 is 0 Å². The fraction of sp³-hybridized carbons (Fsp3) is 0.684. The topological polar surface area (TPSA) is 12.0 Å². The maximum atomic E-state index is 3.82. The molecule has 1 heteroatoms. The molecule has 2 unspecified atom stereocenters. The van der Waals surface area contributed by atoms with E-state index in [4.69, 9.17) is 0 Å². The van der Waals surface area contributed by atoms with Crippen molar-refractivity contribution in [3.8, 4) is 0 Å². The minimum absolute atomic E-state index is 0.590. The van der Waals surface area contributed by atoms with Gasteiger partial charge in [-0.15, -0.1) is 0 Å². The molecule has 1 N–H and O–H groups in total. The average Bonchev–Trinajstić information content (AvgIpc) is 2.45. The van der Waals surface area contributed by atoms with Gasteiger partial charge in [-0.1, -0.05) is 57.9 Å². The Morgan fingerprint density at radius 1 is 1.25 bits per heavy atom. The number of hydrogen-bond acceptors (Lipinski definition) is 1. The highest BCUT2D eigenvalue weighted by molar-refractivity contribution is 5.33. The molecule has 2 rings (SSSR count). The van der Waals surface area contributed by atoms with Crippen LogP contribution in [0.15, 0.2) is 24.3 Å². The highest BCUT2D eigenvalue weighted by Crippen LogP contribution is 2.37. The zero-order valence-corrected chi connectivity index (χ0v) is 13.5. The summed E-state index contributed by atoms with van der Waals surface area (Å²) < 4.78 is 0. The molecule has 0 saturated heterocycles. The zero-order chi connectivity index (χ0) is 14.4. The van der Waals surface area contributed by atoms with Gasteiger partial charge in [-0.25, -0.2) is 0 Å². The molecule has 0 aliphatic heterocycles. The third-order valence-corrected chi connectivity index (χ3v) is 4.62. The second kappa shape index (κ2) is 7.83. The molecule has 0 amide bonds. The van der Waals surface area contributed by atoms with E-state index in [-0.39, 0.29) is 0 Å². The largest absolute Gasteiger partial charge is 0.310 e. The van der Waals surface area contributed by atoms with E-state index in [2.05, 4.69) is 50.4 Å². The van der Waals surface area contributed by atoms with Gasteiger partial charge in [-0.3, -0.25) is 0 Å². The van der Waals surface area contributed by atoms with Crippen LogP contribution in [0.25, 0.3) is 0 Å². The van der Waals surface area contributed by atoms with E-state index in [9.17, 15) is 0 Å². The average molecular weight is 273 g/mol. The number of hydrogen-bond donors (Lipinski definition) is 1. The van der Waals surface area contributed by atoms with Crippen molar-refractivity contribution in [3.63, 3.8) is 0 Å². The minimum Gasteiger partial charge on any atom is -0.310 e. The van der Waals surface area contributed by atoms with Crippen LogP contribution in [0.4, 0.5) is 0 Å². The summed E-state index contributed by atoms with van der Waals surface area (Å²) in [4.78, 5) is 0. The van der Waals surface area contributed by atoms with Gasteiger partial charge in [0, 0.05) is 6.04 Å². The van der Waals surface area contributed by atoms with Gasteiger partial charge in [-0.05, 0) is 55.2 Å². The smallest absolute Gasteiger partial charge is 0.0351 e. The molecule has 20 heavy (non-hydrogen) atoms. The number of aryl methyl sites for hydroxylation is 1. The molecule has 0 aromatic heterocycles. The van der Waals surface area contributed by atoms with Gasteiger partial charge in [0.25, 0.3) is 0 Å². The Labute approximate surface area is 125 Å². The highest BCUT2D eigenvalue weighted by atomic mass is 14.9. The lowest BCUT2D eigenvalue weighted by Crippen LogP contribution is -2.33. The van der Waals surface area contributed by atoms with Crippen LogP contribution in [0, 0.1) is 11.8 Å². The van der Waals surface area contributed by atoms with E-state index < -0.39 is 0 Å². The number of fused-ring (bicyclic) bond motifs is 1. The van der Waals surface area contributed by atoms with Crippen molar-refractivity contribution in [1.82, 2.24) is 5.32 Å².